The summed E-state index contributed by atoms with van der Waals surface area (Å²) >= 11 is 0. The van der Waals surface area contributed by atoms with Gasteiger partial charge in [0.05, 0.1) is 0 Å². The molecule has 0 aromatic heterocycles. The topological polar surface area (TPSA) is 64.7 Å². The number of halogens is 1. The lowest BCUT2D eigenvalue weighted by molar-refractivity contribution is -0.136. The van der Waals surface area contributed by atoms with Crippen LogP contribution in [0.5, 0.6) is 0 Å². The van der Waals surface area contributed by atoms with Gasteiger partial charge in [-0.25, -0.2) is 4.39 Å². The molecule has 1 saturated heterocycles. The molecule has 1 aliphatic carbocycles. The van der Waals surface area contributed by atoms with Gasteiger partial charge in [0.15, 0.2) is 0 Å². The van der Waals surface area contributed by atoms with Crippen LogP contribution in [0.2, 0.25) is 0 Å². The second-order valence-corrected chi connectivity index (χ2v) is 9.66. The minimum Gasteiger partial charge on any atom is -0.373 e. The summed E-state index contributed by atoms with van der Waals surface area (Å²) in [6, 6.07) is 3.43. The van der Waals surface area contributed by atoms with Crippen LogP contribution < -0.4 is 10.6 Å². The number of piperazine rings is 1. The number of hydrogen-bond acceptors (Lipinski definition) is 4. The van der Waals surface area contributed by atoms with Gasteiger partial charge < -0.3 is 15.5 Å². The van der Waals surface area contributed by atoms with E-state index < -0.39 is 6.04 Å². The highest BCUT2D eigenvalue weighted by molar-refractivity contribution is 5.88. The van der Waals surface area contributed by atoms with E-state index in [1.165, 1.54) is 6.07 Å². The highest BCUT2D eigenvalue weighted by Crippen LogP contribution is 2.32. The van der Waals surface area contributed by atoms with Crippen LogP contribution in [0, 0.1) is 18.7 Å². The second kappa shape index (κ2) is 9.15. The van der Waals surface area contributed by atoms with Gasteiger partial charge in [-0.2, -0.15) is 0 Å². The number of fused-ring (bicyclic) bond motifs is 1. The Kier molecular flexibility index (Phi) is 6.51. The van der Waals surface area contributed by atoms with Crippen molar-refractivity contribution < 1.29 is 14.0 Å². The lowest BCUT2D eigenvalue weighted by atomic mass is 9.89. The maximum Gasteiger partial charge on any atom is 0.243 e. The maximum atomic E-state index is 14.1. The number of hydrogen-bond donors (Lipinski definition) is 2. The molecule has 2 aliphatic heterocycles. The minimum absolute atomic E-state index is 0.0343. The standard InChI is InChI=1S/C24H35FN4O2/c1-15(2)24(31)29-11-9-28(10-12-29)18-6-4-5-17(13-18)26-23(30)21-14-19-20(25)8-7-16(3)22(19)27-21/h7-8,15,17-18,21,27H,4-6,9-14H2,1-3H3,(H,26,30)/t17-,18?,21?/m1/s1. The van der Waals surface area contributed by atoms with Crippen LogP contribution in [0.25, 0.3) is 0 Å². The number of carbonyl (C=O) groups is 2. The van der Waals surface area contributed by atoms with Gasteiger partial charge in [-0.1, -0.05) is 19.9 Å². The number of nitrogens with zero attached hydrogens (tertiary/aromatic N) is 2. The minimum atomic E-state index is -0.406. The summed E-state index contributed by atoms with van der Waals surface area (Å²) in [5, 5.41) is 6.46. The molecule has 170 valence electrons. The molecule has 0 spiro atoms. The van der Waals surface area contributed by atoms with E-state index in [9.17, 15) is 14.0 Å². The lowest BCUT2D eigenvalue weighted by Gasteiger charge is -2.43. The molecular formula is C24H35FN4O2. The average molecular weight is 431 g/mol. The van der Waals surface area contributed by atoms with Gasteiger partial charge in [0.2, 0.25) is 11.8 Å². The zero-order chi connectivity index (χ0) is 22.1. The highest BCUT2D eigenvalue weighted by Gasteiger charge is 2.34. The van der Waals surface area contributed by atoms with Gasteiger partial charge >= 0.3 is 0 Å². The van der Waals surface area contributed by atoms with Crippen molar-refractivity contribution >= 4 is 17.5 Å². The Morgan fingerprint density at radius 2 is 1.90 bits per heavy atom. The third-order valence-corrected chi connectivity index (χ3v) is 7.14. The van der Waals surface area contributed by atoms with Gasteiger partial charge in [-0.15, -0.1) is 0 Å². The summed E-state index contributed by atoms with van der Waals surface area (Å²) in [6.45, 7) is 9.24. The van der Waals surface area contributed by atoms with Crippen molar-refractivity contribution in [2.45, 2.75) is 71.0 Å². The fourth-order valence-electron chi connectivity index (χ4n) is 5.33. The molecule has 0 radical (unpaired) electrons. The number of rotatable bonds is 4. The van der Waals surface area contributed by atoms with Crippen molar-refractivity contribution in [1.82, 2.24) is 15.1 Å². The number of nitrogens with one attached hydrogen (secondary N) is 2. The van der Waals surface area contributed by atoms with Crippen LogP contribution in [0.1, 0.15) is 50.7 Å². The zero-order valence-corrected chi connectivity index (χ0v) is 18.9. The molecule has 3 aliphatic rings. The van der Waals surface area contributed by atoms with Crippen LogP contribution in [-0.4, -0.2) is 65.9 Å². The Morgan fingerprint density at radius 1 is 1.16 bits per heavy atom. The summed E-state index contributed by atoms with van der Waals surface area (Å²) in [5.74, 6) is 0.0165. The SMILES string of the molecule is Cc1ccc(F)c2c1NC(C(=O)N[C@@H]1CCCC(N3CCN(C(=O)C(C)C)CC3)C1)C2. The van der Waals surface area contributed by atoms with Crippen molar-refractivity contribution in [3.05, 3.63) is 29.1 Å². The van der Waals surface area contributed by atoms with Crippen LogP contribution in [0.15, 0.2) is 12.1 Å². The van der Waals surface area contributed by atoms with Gasteiger partial charge in [-0.3, -0.25) is 14.5 Å². The molecule has 2 unspecified atom stereocenters. The molecule has 1 aromatic carbocycles. The summed E-state index contributed by atoms with van der Waals surface area (Å²) < 4.78 is 14.1. The first-order valence-corrected chi connectivity index (χ1v) is 11.7. The number of amides is 2. The Hall–Kier alpha value is -2.15. The van der Waals surface area contributed by atoms with Gasteiger partial charge in [0.25, 0.3) is 0 Å². The van der Waals surface area contributed by atoms with Crippen molar-refractivity contribution in [3.63, 3.8) is 0 Å². The van der Waals surface area contributed by atoms with Crippen LogP contribution in [0.4, 0.5) is 10.1 Å². The molecule has 31 heavy (non-hydrogen) atoms. The third-order valence-electron chi connectivity index (χ3n) is 7.14. The molecule has 0 bridgehead atoms. The van der Waals surface area contributed by atoms with Crippen molar-refractivity contribution in [3.8, 4) is 0 Å². The summed E-state index contributed by atoms with van der Waals surface area (Å²) in [5.41, 5.74) is 2.37. The third kappa shape index (κ3) is 4.71. The number of aryl methyl sites for hydroxylation is 1. The van der Waals surface area contributed by atoms with Crippen molar-refractivity contribution in [2.75, 3.05) is 31.5 Å². The molecule has 2 heterocycles. The van der Waals surface area contributed by atoms with Crippen LogP contribution in [0.3, 0.4) is 0 Å². The summed E-state index contributed by atoms with van der Waals surface area (Å²) in [7, 11) is 0. The van der Waals surface area contributed by atoms with Crippen LogP contribution in [-0.2, 0) is 16.0 Å². The van der Waals surface area contributed by atoms with Gasteiger partial charge in [0.1, 0.15) is 11.9 Å². The average Bonchev–Trinajstić information content (AvgIpc) is 3.23. The zero-order valence-electron chi connectivity index (χ0n) is 18.9. The monoisotopic (exact) mass is 430 g/mol. The largest absolute Gasteiger partial charge is 0.373 e. The first-order chi connectivity index (χ1) is 14.8. The van der Waals surface area contributed by atoms with Crippen LogP contribution >= 0.6 is 0 Å². The Balaban J connectivity index is 1.29. The summed E-state index contributed by atoms with van der Waals surface area (Å²) in [4.78, 5) is 29.6. The van der Waals surface area contributed by atoms with Gasteiger partial charge in [0, 0.05) is 61.9 Å². The molecule has 1 saturated carbocycles. The number of carbonyl (C=O) groups excluding carboxylic acids is 2. The van der Waals surface area contributed by atoms with E-state index in [0.29, 0.717) is 18.0 Å². The molecule has 3 atom stereocenters. The van der Waals surface area contributed by atoms with Crippen molar-refractivity contribution in [1.29, 1.82) is 0 Å². The molecule has 2 N–H and O–H groups in total. The molecule has 6 nitrogen and oxygen atoms in total. The molecule has 2 fully saturated rings. The summed E-state index contributed by atoms with van der Waals surface area (Å²) in [6.07, 6.45) is 4.56. The van der Waals surface area contributed by atoms with E-state index in [2.05, 4.69) is 15.5 Å². The first kappa shape index (κ1) is 22.1. The van der Waals surface area contributed by atoms with E-state index in [-0.39, 0.29) is 29.6 Å². The van der Waals surface area contributed by atoms with Crippen molar-refractivity contribution in [2.24, 2.45) is 5.92 Å². The fraction of sp³-hybridized carbons (Fsp3) is 0.667. The predicted octanol–water partition coefficient (Wildman–Crippen LogP) is 2.70. The first-order valence-electron chi connectivity index (χ1n) is 11.7. The lowest BCUT2D eigenvalue weighted by Crippen LogP contribution is -2.55. The highest BCUT2D eigenvalue weighted by atomic mass is 19.1. The quantitative estimate of drug-likeness (QED) is 0.771. The fourth-order valence-corrected chi connectivity index (χ4v) is 5.33. The molecule has 4 rings (SSSR count). The molecule has 2 amide bonds. The smallest absolute Gasteiger partial charge is 0.243 e. The van der Waals surface area contributed by atoms with Gasteiger partial charge in [-0.05, 0) is 44.2 Å². The predicted molar refractivity (Wildman–Crippen MR) is 119 cm³/mol. The van der Waals surface area contributed by atoms with E-state index in [4.69, 9.17) is 0 Å². The molecular weight excluding hydrogens is 395 g/mol. The molecule has 1 aromatic rings. The van der Waals surface area contributed by atoms with E-state index >= 15 is 0 Å². The van der Waals surface area contributed by atoms with E-state index in [1.54, 1.807) is 6.07 Å². The van der Waals surface area contributed by atoms with E-state index in [1.807, 2.05) is 25.7 Å². The Bertz CT molecular complexity index is 804. The number of anilines is 1. The normalized spacial score (nSPS) is 26.5. The Labute approximate surface area is 184 Å². The maximum absolute atomic E-state index is 14.1. The molecule has 7 heteroatoms. The number of benzene rings is 1. The second-order valence-electron chi connectivity index (χ2n) is 9.66. The van der Waals surface area contributed by atoms with E-state index in [0.717, 1.165) is 63.1 Å². The Morgan fingerprint density at radius 3 is 2.58 bits per heavy atom.